The fraction of sp³-hybridized carbons (Fsp3) is 0.182. The minimum Gasteiger partial charge on any atom is -0.361 e. The quantitative estimate of drug-likeness (QED) is 0.381. The molecule has 5 heteroatoms. The first-order valence-electron chi connectivity index (χ1n) is 8.96. The number of benzene rings is 3. The van der Waals surface area contributed by atoms with Gasteiger partial charge >= 0.3 is 0 Å². The van der Waals surface area contributed by atoms with Gasteiger partial charge in [0.05, 0.1) is 0 Å². The first-order chi connectivity index (χ1) is 13.1. The highest BCUT2D eigenvalue weighted by molar-refractivity contribution is 8.00. The van der Waals surface area contributed by atoms with Gasteiger partial charge in [-0.1, -0.05) is 35.9 Å². The van der Waals surface area contributed by atoms with Crippen molar-refractivity contribution in [2.45, 2.75) is 11.3 Å². The number of aromatic nitrogens is 1. The van der Waals surface area contributed by atoms with E-state index in [0.717, 1.165) is 39.3 Å². The van der Waals surface area contributed by atoms with E-state index in [-0.39, 0.29) is 0 Å². The Kier molecular flexibility index (Phi) is 5.30. The minimum atomic E-state index is 0.782. The predicted octanol–water partition coefficient (Wildman–Crippen LogP) is 6.20. The first-order valence-corrected chi connectivity index (χ1v) is 10.2. The lowest BCUT2D eigenvalue weighted by Crippen LogP contribution is -2.14. The van der Waals surface area contributed by atoms with E-state index in [0.29, 0.717) is 0 Å². The van der Waals surface area contributed by atoms with Crippen molar-refractivity contribution in [2.75, 3.05) is 25.4 Å². The van der Waals surface area contributed by atoms with Gasteiger partial charge in [0.1, 0.15) is 0 Å². The van der Waals surface area contributed by atoms with Crippen LogP contribution in [-0.2, 0) is 6.42 Å². The molecule has 4 aromatic rings. The Morgan fingerprint density at radius 3 is 2.70 bits per heavy atom. The molecule has 3 aromatic carbocycles. The Labute approximate surface area is 168 Å². The molecular formula is C22H22ClN3S. The van der Waals surface area contributed by atoms with E-state index in [9.17, 15) is 0 Å². The molecule has 3 nitrogen and oxygen atoms in total. The summed E-state index contributed by atoms with van der Waals surface area (Å²) in [6.45, 7) is 1.04. The number of anilines is 1. The number of H-pyrrole nitrogens is 1. The molecule has 0 fully saturated rings. The molecule has 0 atom stereocenters. The number of hydrogen-bond acceptors (Lipinski definition) is 3. The van der Waals surface area contributed by atoms with Crippen molar-refractivity contribution in [3.05, 3.63) is 71.4 Å². The number of likely N-dealkylation sites (N-methyl/N-ethyl adjacent to an activating group) is 1. The molecule has 0 aliphatic heterocycles. The largest absolute Gasteiger partial charge is 0.361 e. The molecule has 2 N–H and O–H groups in total. The first kappa shape index (κ1) is 18.2. The molecule has 0 radical (unpaired) electrons. The molecule has 0 saturated carbocycles. The van der Waals surface area contributed by atoms with Gasteiger partial charge in [0.25, 0.3) is 0 Å². The Hall–Kier alpha value is -2.14. The average Bonchev–Trinajstić information content (AvgIpc) is 3.07. The normalized spacial score (nSPS) is 11.6. The number of nitrogens with one attached hydrogen (secondary N) is 2. The molecule has 0 amide bonds. The van der Waals surface area contributed by atoms with E-state index in [1.807, 2.05) is 12.1 Å². The second-order valence-corrected chi connectivity index (χ2v) is 8.18. The second-order valence-electron chi connectivity index (χ2n) is 6.93. The highest BCUT2D eigenvalue weighted by atomic mass is 35.5. The molecule has 138 valence electrons. The SMILES string of the molecule is CN(C)CCc1c[nH]c2ccc(NSc3cccc4cccc(Cl)c34)cc12. The summed E-state index contributed by atoms with van der Waals surface area (Å²) in [5.41, 5.74) is 3.61. The molecule has 1 heterocycles. The third kappa shape index (κ3) is 3.93. The van der Waals surface area contributed by atoms with Crippen molar-refractivity contribution < 1.29 is 0 Å². The van der Waals surface area contributed by atoms with Gasteiger partial charge in [0, 0.05) is 44.6 Å². The van der Waals surface area contributed by atoms with Crippen molar-refractivity contribution in [2.24, 2.45) is 0 Å². The number of aromatic amines is 1. The van der Waals surface area contributed by atoms with Crippen molar-refractivity contribution in [1.82, 2.24) is 9.88 Å². The van der Waals surface area contributed by atoms with Crippen LogP contribution >= 0.6 is 23.5 Å². The molecular weight excluding hydrogens is 374 g/mol. The third-order valence-electron chi connectivity index (χ3n) is 4.69. The van der Waals surface area contributed by atoms with E-state index >= 15 is 0 Å². The molecule has 0 spiro atoms. The van der Waals surface area contributed by atoms with E-state index in [2.05, 4.69) is 77.4 Å². The molecule has 0 unspecified atom stereocenters. The highest BCUT2D eigenvalue weighted by Gasteiger charge is 2.08. The topological polar surface area (TPSA) is 31.1 Å². The molecule has 0 aliphatic carbocycles. The average molecular weight is 396 g/mol. The van der Waals surface area contributed by atoms with Gasteiger partial charge in [-0.05, 0) is 73.7 Å². The number of hydrogen-bond donors (Lipinski definition) is 2. The summed E-state index contributed by atoms with van der Waals surface area (Å²) in [4.78, 5) is 6.71. The van der Waals surface area contributed by atoms with Gasteiger partial charge in [0.15, 0.2) is 0 Å². The molecule has 4 rings (SSSR count). The van der Waals surface area contributed by atoms with Gasteiger partial charge in [-0.15, -0.1) is 0 Å². The van der Waals surface area contributed by atoms with E-state index in [4.69, 9.17) is 11.6 Å². The van der Waals surface area contributed by atoms with Crippen LogP contribution in [0.5, 0.6) is 0 Å². The molecule has 27 heavy (non-hydrogen) atoms. The lowest BCUT2D eigenvalue weighted by atomic mass is 10.1. The monoisotopic (exact) mass is 395 g/mol. The number of rotatable bonds is 6. The van der Waals surface area contributed by atoms with Crippen LogP contribution in [0.2, 0.25) is 5.02 Å². The summed E-state index contributed by atoms with van der Waals surface area (Å²) in [5, 5.41) is 4.30. The van der Waals surface area contributed by atoms with Gasteiger partial charge < -0.3 is 14.6 Å². The predicted molar refractivity (Wildman–Crippen MR) is 119 cm³/mol. The summed E-state index contributed by atoms with van der Waals surface area (Å²) >= 11 is 8.04. The lowest BCUT2D eigenvalue weighted by molar-refractivity contribution is 0.414. The summed E-state index contributed by atoms with van der Waals surface area (Å²) in [5.74, 6) is 0. The maximum absolute atomic E-state index is 6.44. The summed E-state index contributed by atoms with van der Waals surface area (Å²) in [7, 11) is 4.21. The molecule has 1 aromatic heterocycles. The van der Waals surface area contributed by atoms with Crippen LogP contribution in [0.3, 0.4) is 0 Å². The lowest BCUT2D eigenvalue weighted by Gasteiger charge is -2.11. The van der Waals surface area contributed by atoms with Crippen molar-refractivity contribution in [1.29, 1.82) is 0 Å². The Balaban J connectivity index is 1.58. The second kappa shape index (κ2) is 7.85. The van der Waals surface area contributed by atoms with E-state index in [1.165, 1.54) is 16.5 Å². The van der Waals surface area contributed by atoms with Crippen molar-refractivity contribution in [3.63, 3.8) is 0 Å². The van der Waals surface area contributed by atoms with E-state index in [1.54, 1.807) is 11.9 Å². The smallest absolute Gasteiger partial charge is 0.0496 e. The van der Waals surface area contributed by atoms with E-state index < -0.39 is 0 Å². The molecule has 0 aliphatic rings. The van der Waals surface area contributed by atoms with Gasteiger partial charge in [-0.25, -0.2) is 0 Å². The Morgan fingerprint density at radius 2 is 1.89 bits per heavy atom. The van der Waals surface area contributed by atoms with Gasteiger partial charge in [-0.3, -0.25) is 0 Å². The van der Waals surface area contributed by atoms with Crippen LogP contribution < -0.4 is 4.72 Å². The zero-order valence-electron chi connectivity index (χ0n) is 15.4. The third-order valence-corrected chi connectivity index (χ3v) is 5.90. The van der Waals surface area contributed by atoms with Crippen LogP contribution in [0.15, 0.2) is 65.7 Å². The summed E-state index contributed by atoms with van der Waals surface area (Å²) in [6.07, 6.45) is 3.15. The van der Waals surface area contributed by atoms with Crippen molar-refractivity contribution in [3.8, 4) is 0 Å². The summed E-state index contributed by atoms with van der Waals surface area (Å²) < 4.78 is 3.49. The van der Waals surface area contributed by atoms with Crippen LogP contribution in [0.4, 0.5) is 5.69 Å². The Morgan fingerprint density at radius 1 is 1.07 bits per heavy atom. The van der Waals surface area contributed by atoms with Crippen LogP contribution in [0.1, 0.15) is 5.56 Å². The zero-order valence-corrected chi connectivity index (χ0v) is 17.0. The zero-order chi connectivity index (χ0) is 18.8. The minimum absolute atomic E-state index is 0.782. The number of fused-ring (bicyclic) bond motifs is 2. The number of halogens is 1. The fourth-order valence-electron chi connectivity index (χ4n) is 3.25. The van der Waals surface area contributed by atoms with Crippen LogP contribution in [0.25, 0.3) is 21.7 Å². The fourth-order valence-corrected chi connectivity index (χ4v) is 4.42. The van der Waals surface area contributed by atoms with Crippen LogP contribution in [0, 0.1) is 0 Å². The maximum Gasteiger partial charge on any atom is 0.0496 e. The molecule has 0 saturated heterocycles. The Bertz CT molecular complexity index is 1080. The highest BCUT2D eigenvalue weighted by Crippen LogP contribution is 2.34. The number of nitrogens with zero attached hydrogens (tertiary/aromatic N) is 1. The molecule has 0 bridgehead atoms. The van der Waals surface area contributed by atoms with Crippen LogP contribution in [-0.4, -0.2) is 30.5 Å². The maximum atomic E-state index is 6.44. The van der Waals surface area contributed by atoms with Crippen molar-refractivity contribution >= 4 is 50.9 Å². The standard InChI is InChI=1S/C22H22ClN3S/c1-26(2)12-11-16-14-24-20-10-9-17(13-18(16)20)25-27-21-8-4-6-15-5-3-7-19(23)22(15)21/h3-10,13-14,24-25H,11-12H2,1-2H3. The van der Waals surface area contributed by atoms with Gasteiger partial charge in [0.2, 0.25) is 0 Å². The van der Waals surface area contributed by atoms with Gasteiger partial charge in [-0.2, -0.15) is 0 Å². The summed E-state index contributed by atoms with van der Waals surface area (Å²) in [6, 6.07) is 18.7.